The number of halogens is 1. The molecule has 21 heavy (non-hydrogen) atoms. The van der Waals surface area contributed by atoms with Crippen LogP contribution in [0.3, 0.4) is 0 Å². The fourth-order valence-electron chi connectivity index (χ4n) is 2.54. The molecule has 1 unspecified atom stereocenters. The Hall–Kier alpha value is -1.17. The largest absolute Gasteiger partial charge is 0.382 e. The van der Waals surface area contributed by atoms with E-state index < -0.39 is 0 Å². The predicted octanol–water partition coefficient (Wildman–Crippen LogP) is 3.60. The van der Waals surface area contributed by atoms with E-state index in [1.54, 1.807) is 0 Å². The quantitative estimate of drug-likeness (QED) is 0.808. The van der Waals surface area contributed by atoms with Crippen LogP contribution in [-0.4, -0.2) is 37.5 Å². The number of anilines is 1. The maximum absolute atomic E-state index is 5.66. The van der Waals surface area contributed by atoms with Gasteiger partial charge in [0.15, 0.2) is 0 Å². The molecule has 1 aromatic heterocycles. The van der Waals surface area contributed by atoms with Crippen LogP contribution < -0.4 is 5.32 Å². The van der Waals surface area contributed by atoms with Gasteiger partial charge in [0.25, 0.3) is 0 Å². The summed E-state index contributed by atoms with van der Waals surface area (Å²) in [5, 5.41) is 4.53. The minimum Gasteiger partial charge on any atom is -0.382 e. The van der Waals surface area contributed by atoms with Gasteiger partial charge in [0.2, 0.25) is 0 Å². The van der Waals surface area contributed by atoms with E-state index in [4.69, 9.17) is 9.47 Å². The summed E-state index contributed by atoms with van der Waals surface area (Å²) >= 11 is 3.53. The van der Waals surface area contributed by atoms with Crippen LogP contribution >= 0.6 is 15.9 Å². The van der Waals surface area contributed by atoms with Crippen molar-refractivity contribution in [3.05, 3.63) is 34.9 Å². The molecular weight excluding hydrogens is 332 g/mol. The van der Waals surface area contributed by atoms with E-state index in [1.807, 2.05) is 24.4 Å². The van der Waals surface area contributed by atoms with Crippen molar-refractivity contribution in [3.8, 4) is 0 Å². The van der Waals surface area contributed by atoms with Crippen molar-refractivity contribution in [1.82, 2.24) is 4.98 Å². The van der Waals surface area contributed by atoms with Gasteiger partial charge < -0.3 is 14.8 Å². The molecule has 0 bridgehead atoms. The van der Waals surface area contributed by atoms with E-state index in [2.05, 4.69) is 32.3 Å². The van der Waals surface area contributed by atoms with Crippen molar-refractivity contribution in [3.63, 3.8) is 0 Å². The van der Waals surface area contributed by atoms with Crippen molar-refractivity contribution >= 4 is 32.5 Å². The maximum atomic E-state index is 5.66. The summed E-state index contributed by atoms with van der Waals surface area (Å²) in [6.45, 7) is 3.03. The van der Waals surface area contributed by atoms with Crippen molar-refractivity contribution in [2.45, 2.75) is 18.9 Å². The molecule has 0 amide bonds. The van der Waals surface area contributed by atoms with Crippen molar-refractivity contribution in [2.24, 2.45) is 0 Å². The van der Waals surface area contributed by atoms with Crippen LogP contribution in [0.15, 0.2) is 34.9 Å². The molecule has 0 saturated carbocycles. The highest BCUT2D eigenvalue weighted by molar-refractivity contribution is 9.10. The molecule has 1 atom stereocenters. The van der Waals surface area contributed by atoms with Gasteiger partial charge in [-0.15, -0.1) is 0 Å². The summed E-state index contributed by atoms with van der Waals surface area (Å²) in [5.74, 6) is 0. The lowest BCUT2D eigenvalue weighted by Crippen LogP contribution is -2.17. The van der Waals surface area contributed by atoms with Gasteiger partial charge in [0, 0.05) is 34.9 Å². The Balaban J connectivity index is 1.52. The number of para-hydroxylation sites is 1. The first kappa shape index (κ1) is 14.8. The third kappa shape index (κ3) is 3.73. The number of pyridine rings is 1. The Morgan fingerprint density at radius 2 is 2.33 bits per heavy atom. The average Bonchev–Trinajstić information content (AvgIpc) is 3.01. The highest BCUT2D eigenvalue weighted by Crippen LogP contribution is 2.27. The van der Waals surface area contributed by atoms with Gasteiger partial charge in [0.1, 0.15) is 0 Å². The van der Waals surface area contributed by atoms with Crippen molar-refractivity contribution in [1.29, 1.82) is 0 Å². The number of nitrogens with zero attached hydrogens (tertiary/aromatic N) is 1. The summed E-state index contributed by atoms with van der Waals surface area (Å²) in [7, 11) is 0. The third-order valence-corrected chi connectivity index (χ3v) is 4.25. The Bertz CT molecular complexity index is 600. The van der Waals surface area contributed by atoms with E-state index in [-0.39, 0.29) is 0 Å². The van der Waals surface area contributed by atoms with Crippen molar-refractivity contribution < 1.29 is 9.47 Å². The van der Waals surface area contributed by atoms with Crippen molar-refractivity contribution in [2.75, 3.05) is 31.7 Å². The lowest BCUT2D eigenvalue weighted by molar-refractivity contribution is 0.0206. The van der Waals surface area contributed by atoms with Gasteiger partial charge in [0.05, 0.1) is 24.8 Å². The second kappa shape index (κ2) is 7.20. The van der Waals surface area contributed by atoms with Gasteiger partial charge in [-0.05, 0) is 40.9 Å². The van der Waals surface area contributed by atoms with E-state index in [1.165, 1.54) is 0 Å². The molecule has 1 saturated heterocycles. The number of aromatic nitrogens is 1. The number of nitrogens with one attached hydrogen (secondary N) is 1. The van der Waals surface area contributed by atoms with Crippen LogP contribution in [0.4, 0.5) is 5.69 Å². The fraction of sp³-hybridized carbons (Fsp3) is 0.438. The third-order valence-electron chi connectivity index (χ3n) is 3.61. The molecule has 4 nitrogen and oxygen atoms in total. The predicted molar refractivity (Wildman–Crippen MR) is 87.7 cm³/mol. The molecular formula is C16H19BrN2O2. The van der Waals surface area contributed by atoms with Crippen LogP contribution in [0.1, 0.15) is 12.8 Å². The van der Waals surface area contributed by atoms with Crippen LogP contribution in [0, 0.1) is 0 Å². The Morgan fingerprint density at radius 1 is 1.38 bits per heavy atom. The topological polar surface area (TPSA) is 43.4 Å². The zero-order valence-corrected chi connectivity index (χ0v) is 13.4. The summed E-state index contributed by atoms with van der Waals surface area (Å²) in [5.41, 5.74) is 2.06. The van der Waals surface area contributed by atoms with E-state index >= 15 is 0 Å². The summed E-state index contributed by atoms with van der Waals surface area (Å²) in [4.78, 5) is 4.40. The van der Waals surface area contributed by atoms with E-state index in [0.29, 0.717) is 19.3 Å². The molecule has 1 fully saturated rings. The average molecular weight is 351 g/mol. The number of benzene rings is 1. The number of hydrogen-bond donors (Lipinski definition) is 1. The molecule has 2 heterocycles. The molecule has 5 heteroatoms. The first-order valence-corrected chi connectivity index (χ1v) is 8.10. The Labute approximate surface area is 133 Å². The first-order valence-electron chi connectivity index (χ1n) is 7.31. The molecule has 1 aliphatic rings. The van der Waals surface area contributed by atoms with Gasteiger partial charge in [-0.2, -0.15) is 0 Å². The number of fused-ring (bicyclic) bond motifs is 1. The van der Waals surface area contributed by atoms with Gasteiger partial charge in [-0.1, -0.05) is 12.1 Å². The van der Waals surface area contributed by atoms with Gasteiger partial charge in [-0.25, -0.2) is 0 Å². The molecule has 0 spiro atoms. The van der Waals surface area contributed by atoms with Gasteiger partial charge in [-0.3, -0.25) is 4.98 Å². The zero-order chi connectivity index (χ0) is 14.5. The molecule has 112 valence electrons. The highest BCUT2D eigenvalue weighted by Gasteiger charge is 2.14. The first-order chi connectivity index (χ1) is 10.3. The summed E-state index contributed by atoms with van der Waals surface area (Å²) < 4.78 is 12.2. The fourth-order valence-corrected chi connectivity index (χ4v) is 3.01. The standard InChI is InChI=1S/C16H19BrN2O2/c17-14-5-1-4-13-15(6-7-19-16(13)14)18-8-10-20-11-12-3-2-9-21-12/h1,4-7,12H,2-3,8-11H2,(H,18,19). The van der Waals surface area contributed by atoms with Crippen LogP contribution in [0.2, 0.25) is 0 Å². The molecule has 0 aliphatic carbocycles. The molecule has 1 aliphatic heterocycles. The zero-order valence-electron chi connectivity index (χ0n) is 11.8. The summed E-state index contributed by atoms with van der Waals surface area (Å²) in [6, 6.07) is 8.09. The number of ether oxygens (including phenoxy) is 2. The minimum atomic E-state index is 0.294. The smallest absolute Gasteiger partial charge is 0.0864 e. The molecule has 0 radical (unpaired) electrons. The monoisotopic (exact) mass is 350 g/mol. The SMILES string of the molecule is Brc1cccc2c(NCCOCC3CCCO3)ccnc12. The van der Waals surface area contributed by atoms with Gasteiger partial charge >= 0.3 is 0 Å². The summed E-state index contributed by atoms with van der Waals surface area (Å²) in [6.07, 6.45) is 4.39. The molecule has 1 N–H and O–H groups in total. The molecule has 2 aromatic rings. The highest BCUT2D eigenvalue weighted by atomic mass is 79.9. The van der Waals surface area contributed by atoms with Crippen LogP contribution in [0.5, 0.6) is 0 Å². The number of hydrogen-bond acceptors (Lipinski definition) is 4. The normalized spacial score (nSPS) is 18.2. The second-order valence-electron chi connectivity index (χ2n) is 5.13. The lowest BCUT2D eigenvalue weighted by Gasteiger charge is -2.12. The second-order valence-corrected chi connectivity index (χ2v) is 5.99. The molecule has 1 aromatic carbocycles. The number of rotatable bonds is 6. The minimum absolute atomic E-state index is 0.294. The van der Waals surface area contributed by atoms with Crippen LogP contribution in [0.25, 0.3) is 10.9 Å². The van der Waals surface area contributed by atoms with E-state index in [9.17, 15) is 0 Å². The Kier molecular flexibility index (Phi) is 5.06. The Morgan fingerprint density at radius 3 is 3.19 bits per heavy atom. The molecule has 3 rings (SSSR count). The lowest BCUT2D eigenvalue weighted by atomic mass is 10.2. The maximum Gasteiger partial charge on any atom is 0.0864 e. The van der Waals surface area contributed by atoms with E-state index in [0.717, 1.165) is 47.1 Å². The van der Waals surface area contributed by atoms with Crippen LogP contribution in [-0.2, 0) is 9.47 Å².